The topological polar surface area (TPSA) is 55.8 Å². The Morgan fingerprint density at radius 3 is 2.26 bits per heavy atom. The summed E-state index contributed by atoms with van der Waals surface area (Å²) in [6.45, 7) is 4.61. The zero-order valence-corrected chi connectivity index (χ0v) is 12.5. The third kappa shape index (κ3) is 12.2. The highest BCUT2D eigenvalue weighted by molar-refractivity contribution is 5.69. The summed E-state index contributed by atoms with van der Waals surface area (Å²) in [5.41, 5.74) is 0. The maximum absolute atomic E-state index is 11.4. The monoisotopic (exact) mass is 274 g/mol. The highest BCUT2D eigenvalue weighted by Crippen LogP contribution is 2.09. The summed E-state index contributed by atoms with van der Waals surface area (Å²) < 4.78 is 10.3. The molecule has 1 unspecified atom stereocenters. The van der Waals surface area contributed by atoms with Crippen molar-refractivity contribution in [1.29, 1.82) is 0 Å². The van der Waals surface area contributed by atoms with E-state index < -0.39 is 0 Å². The molecule has 1 atom stereocenters. The molecule has 0 spiro atoms. The van der Waals surface area contributed by atoms with Gasteiger partial charge in [0.05, 0.1) is 6.61 Å². The number of esters is 1. The molecule has 0 radical (unpaired) electrons. The van der Waals surface area contributed by atoms with Gasteiger partial charge in [-0.25, -0.2) is 0 Å². The standard InChI is InChI=1S/C15H30O4/c1-3-5-6-7-8-9-10-11-15(17)19-13-14(12-16)18-4-2/h14,16H,3-13H2,1-2H3. The van der Waals surface area contributed by atoms with Gasteiger partial charge in [-0.1, -0.05) is 45.4 Å². The van der Waals surface area contributed by atoms with Crippen LogP contribution in [0.1, 0.15) is 65.2 Å². The normalized spacial score (nSPS) is 12.4. The van der Waals surface area contributed by atoms with Crippen molar-refractivity contribution in [3.05, 3.63) is 0 Å². The Morgan fingerprint density at radius 1 is 1.05 bits per heavy atom. The predicted molar refractivity (Wildman–Crippen MR) is 76.1 cm³/mol. The van der Waals surface area contributed by atoms with Gasteiger partial charge in [0.15, 0.2) is 0 Å². The second-order valence-electron chi connectivity index (χ2n) is 4.81. The lowest BCUT2D eigenvalue weighted by Gasteiger charge is -2.14. The van der Waals surface area contributed by atoms with Crippen LogP contribution in [0, 0.1) is 0 Å². The van der Waals surface area contributed by atoms with E-state index in [4.69, 9.17) is 14.6 Å². The minimum atomic E-state index is -0.386. The molecule has 0 aromatic heterocycles. The summed E-state index contributed by atoms with van der Waals surface area (Å²) >= 11 is 0. The van der Waals surface area contributed by atoms with E-state index in [0.29, 0.717) is 13.0 Å². The summed E-state index contributed by atoms with van der Waals surface area (Å²) in [5.74, 6) is -0.188. The van der Waals surface area contributed by atoms with E-state index in [1.807, 2.05) is 6.92 Å². The highest BCUT2D eigenvalue weighted by atomic mass is 16.6. The molecule has 0 bridgehead atoms. The van der Waals surface area contributed by atoms with Crippen molar-refractivity contribution in [2.24, 2.45) is 0 Å². The SMILES string of the molecule is CCCCCCCCCC(=O)OCC(CO)OCC. The third-order valence-corrected chi connectivity index (χ3v) is 3.02. The first-order valence-corrected chi connectivity index (χ1v) is 7.62. The van der Waals surface area contributed by atoms with Crippen molar-refractivity contribution in [3.8, 4) is 0 Å². The lowest BCUT2D eigenvalue weighted by atomic mass is 10.1. The van der Waals surface area contributed by atoms with Crippen molar-refractivity contribution in [2.75, 3.05) is 19.8 Å². The van der Waals surface area contributed by atoms with Crippen molar-refractivity contribution in [2.45, 2.75) is 71.3 Å². The van der Waals surface area contributed by atoms with Gasteiger partial charge in [0.2, 0.25) is 0 Å². The van der Waals surface area contributed by atoms with E-state index in [2.05, 4.69) is 6.92 Å². The molecule has 0 aromatic rings. The molecule has 0 saturated carbocycles. The van der Waals surface area contributed by atoms with Crippen LogP contribution in [-0.4, -0.2) is 37.0 Å². The van der Waals surface area contributed by atoms with Crippen LogP contribution in [-0.2, 0) is 14.3 Å². The predicted octanol–water partition coefficient (Wildman–Crippen LogP) is 3.07. The zero-order valence-electron chi connectivity index (χ0n) is 12.5. The van der Waals surface area contributed by atoms with Gasteiger partial charge in [0, 0.05) is 13.0 Å². The Morgan fingerprint density at radius 2 is 1.68 bits per heavy atom. The average Bonchev–Trinajstić information content (AvgIpc) is 2.42. The number of rotatable bonds is 13. The van der Waals surface area contributed by atoms with Gasteiger partial charge < -0.3 is 14.6 Å². The molecule has 0 amide bonds. The van der Waals surface area contributed by atoms with E-state index in [-0.39, 0.29) is 25.3 Å². The number of unbranched alkanes of at least 4 members (excludes halogenated alkanes) is 6. The summed E-state index contributed by atoms with van der Waals surface area (Å²) in [7, 11) is 0. The number of ether oxygens (including phenoxy) is 2. The molecule has 1 N–H and O–H groups in total. The molecule has 0 aliphatic heterocycles. The Labute approximate surface area is 117 Å². The van der Waals surface area contributed by atoms with Crippen molar-refractivity contribution >= 4 is 5.97 Å². The summed E-state index contributed by atoms with van der Waals surface area (Å²) in [5, 5.41) is 8.97. The molecule has 0 aromatic carbocycles. The van der Waals surface area contributed by atoms with Gasteiger partial charge in [-0.3, -0.25) is 4.79 Å². The minimum Gasteiger partial charge on any atom is -0.463 e. The maximum atomic E-state index is 11.4. The van der Waals surface area contributed by atoms with Crippen molar-refractivity contribution < 1.29 is 19.4 Å². The first-order valence-electron chi connectivity index (χ1n) is 7.62. The lowest BCUT2D eigenvalue weighted by molar-refractivity contribution is -0.149. The molecule has 114 valence electrons. The van der Waals surface area contributed by atoms with Crippen LogP contribution >= 0.6 is 0 Å². The van der Waals surface area contributed by atoms with Crippen LogP contribution in [0.15, 0.2) is 0 Å². The van der Waals surface area contributed by atoms with Crippen LogP contribution in [0.4, 0.5) is 0 Å². The van der Waals surface area contributed by atoms with Crippen LogP contribution < -0.4 is 0 Å². The maximum Gasteiger partial charge on any atom is 0.305 e. The molecule has 4 heteroatoms. The van der Waals surface area contributed by atoms with Crippen molar-refractivity contribution in [1.82, 2.24) is 0 Å². The molecule has 0 heterocycles. The Kier molecular flexibility index (Phi) is 13.4. The van der Waals surface area contributed by atoms with Crippen LogP contribution in [0.2, 0.25) is 0 Å². The van der Waals surface area contributed by atoms with Crippen molar-refractivity contribution in [3.63, 3.8) is 0 Å². The second-order valence-corrected chi connectivity index (χ2v) is 4.81. The van der Waals surface area contributed by atoms with Crippen LogP contribution in [0.3, 0.4) is 0 Å². The van der Waals surface area contributed by atoms with E-state index in [1.54, 1.807) is 0 Å². The third-order valence-electron chi connectivity index (χ3n) is 3.02. The summed E-state index contributed by atoms with van der Waals surface area (Å²) in [6.07, 6.45) is 8.40. The highest BCUT2D eigenvalue weighted by Gasteiger charge is 2.10. The summed E-state index contributed by atoms with van der Waals surface area (Å²) in [6, 6.07) is 0. The quantitative estimate of drug-likeness (QED) is 0.414. The number of aliphatic hydroxyl groups excluding tert-OH is 1. The Hall–Kier alpha value is -0.610. The number of hydrogen-bond acceptors (Lipinski definition) is 4. The fraction of sp³-hybridized carbons (Fsp3) is 0.933. The van der Waals surface area contributed by atoms with Gasteiger partial charge in [0.25, 0.3) is 0 Å². The van der Waals surface area contributed by atoms with Crippen LogP contribution in [0.5, 0.6) is 0 Å². The fourth-order valence-electron chi connectivity index (χ4n) is 1.87. The largest absolute Gasteiger partial charge is 0.463 e. The molecule has 0 rings (SSSR count). The van der Waals surface area contributed by atoms with Crippen LogP contribution in [0.25, 0.3) is 0 Å². The molecule has 0 aliphatic carbocycles. The fourth-order valence-corrected chi connectivity index (χ4v) is 1.87. The lowest BCUT2D eigenvalue weighted by Crippen LogP contribution is -2.25. The van der Waals surface area contributed by atoms with Gasteiger partial charge in [0.1, 0.15) is 12.7 Å². The molecule has 4 nitrogen and oxygen atoms in total. The van der Waals surface area contributed by atoms with Gasteiger partial charge in [-0.15, -0.1) is 0 Å². The molecule has 0 saturated heterocycles. The zero-order chi connectivity index (χ0) is 14.3. The smallest absolute Gasteiger partial charge is 0.305 e. The number of carbonyl (C=O) groups excluding carboxylic acids is 1. The molecular weight excluding hydrogens is 244 g/mol. The number of carbonyl (C=O) groups is 1. The molecule has 0 aliphatic rings. The van der Waals surface area contributed by atoms with E-state index in [9.17, 15) is 4.79 Å². The van der Waals surface area contributed by atoms with Gasteiger partial charge in [-0.2, -0.15) is 0 Å². The van der Waals surface area contributed by atoms with E-state index >= 15 is 0 Å². The minimum absolute atomic E-state index is 0.113. The second kappa shape index (κ2) is 13.8. The summed E-state index contributed by atoms with van der Waals surface area (Å²) in [4.78, 5) is 11.4. The molecule has 19 heavy (non-hydrogen) atoms. The average molecular weight is 274 g/mol. The number of hydrogen-bond donors (Lipinski definition) is 1. The van der Waals surface area contributed by atoms with E-state index in [1.165, 1.54) is 32.1 Å². The Balaban J connectivity index is 3.38. The molecular formula is C15H30O4. The molecule has 0 fully saturated rings. The number of aliphatic hydroxyl groups is 1. The van der Waals surface area contributed by atoms with Gasteiger partial charge in [-0.05, 0) is 13.3 Å². The first-order chi connectivity index (χ1) is 9.24. The van der Waals surface area contributed by atoms with E-state index in [0.717, 1.165) is 12.8 Å². The van der Waals surface area contributed by atoms with Gasteiger partial charge >= 0.3 is 5.97 Å². The Bertz CT molecular complexity index is 206. The first kappa shape index (κ1) is 18.4.